The third-order valence-corrected chi connectivity index (χ3v) is 3.91. The number of halogens is 1. The predicted octanol–water partition coefficient (Wildman–Crippen LogP) is 4.71. The van der Waals surface area contributed by atoms with E-state index in [0.717, 1.165) is 17.2 Å². The smallest absolute Gasteiger partial charge is 0.230 e. The number of anilines is 4. The summed E-state index contributed by atoms with van der Waals surface area (Å²) in [6.07, 6.45) is 1.69. The molecule has 1 aromatic heterocycles. The van der Waals surface area contributed by atoms with Gasteiger partial charge >= 0.3 is 0 Å². The van der Waals surface area contributed by atoms with E-state index >= 15 is 0 Å². The molecule has 2 aromatic carbocycles. The fourth-order valence-corrected chi connectivity index (χ4v) is 2.51. The molecule has 2 N–H and O–H groups in total. The second kappa shape index (κ2) is 7.92. The van der Waals surface area contributed by atoms with Crippen LogP contribution in [-0.4, -0.2) is 22.1 Å². The lowest BCUT2D eigenvalue weighted by atomic mass is 10.3. The second-order valence-corrected chi connectivity index (χ2v) is 6.06. The highest BCUT2D eigenvalue weighted by Crippen LogP contribution is 2.21. The number of thiocarbonyl (C=S) groups is 1. The van der Waals surface area contributed by atoms with Gasteiger partial charge in [-0.2, -0.15) is 4.98 Å². The molecule has 0 spiro atoms. The van der Waals surface area contributed by atoms with Gasteiger partial charge in [-0.05, 0) is 54.7 Å². The Morgan fingerprint density at radius 2 is 1.72 bits per heavy atom. The first-order chi connectivity index (χ1) is 12.1. The summed E-state index contributed by atoms with van der Waals surface area (Å²) in [5.74, 6) is 1.18. The van der Waals surface area contributed by atoms with E-state index in [1.165, 1.54) is 0 Å². The number of hydrogen-bond donors (Lipinski definition) is 2. The Balaban J connectivity index is 1.69. The van der Waals surface area contributed by atoms with Crippen LogP contribution in [-0.2, 0) is 0 Å². The highest BCUT2D eigenvalue weighted by molar-refractivity contribution is 7.80. The van der Waals surface area contributed by atoms with Crippen molar-refractivity contribution in [3.8, 4) is 0 Å². The molecule has 0 aliphatic carbocycles. The van der Waals surface area contributed by atoms with Crippen LogP contribution in [0.1, 0.15) is 0 Å². The van der Waals surface area contributed by atoms with E-state index in [0.29, 0.717) is 16.1 Å². The van der Waals surface area contributed by atoms with Crippen LogP contribution in [0, 0.1) is 0 Å². The van der Waals surface area contributed by atoms with Crippen LogP contribution in [0.3, 0.4) is 0 Å². The summed E-state index contributed by atoms with van der Waals surface area (Å²) in [6.45, 7) is 0. The van der Waals surface area contributed by atoms with E-state index in [4.69, 9.17) is 23.8 Å². The van der Waals surface area contributed by atoms with Crippen LogP contribution in [0.4, 0.5) is 23.1 Å². The molecule has 0 radical (unpaired) electrons. The van der Waals surface area contributed by atoms with Crippen LogP contribution >= 0.6 is 23.8 Å². The van der Waals surface area contributed by atoms with Crippen LogP contribution in [0.2, 0.25) is 5.02 Å². The molecule has 0 aliphatic rings. The van der Waals surface area contributed by atoms with Crippen molar-refractivity contribution < 1.29 is 0 Å². The first kappa shape index (κ1) is 17.1. The molecule has 0 amide bonds. The lowest BCUT2D eigenvalue weighted by molar-refractivity contribution is 1.09. The van der Waals surface area contributed by atoms with Crippen molar-refractivity contribution in [2.24, 2.45) is 0 Å². The van der Waals surface area contributed by atoms with E-state index in [-0.39, 0.29) is 0 Å². The summed E-state index contributed by atoms with van der Waals surface area (Å²) in [7, 11) is 1.95. The van der Waals surface area contributed by atoms with Gasteiger partial charge in [0, 0.05) is 29.6 Å². The molecule has 0 bridgehead atoms. The number of benzene rings is 2. The van der Waals surface area contributed by atoms with Crippen LogP contribution in [0.15, 0.2) is 66.9 Å². The van der Waals surface area contributed by atoms with Crippen LogP contribution in [0.25, 0.3) is 0 Å². The summed E-state index contributed by atoms with van der Waals surface area (Å²) in [5, 5.41) is 7.13. The third kappa shape index (κ3) is 4.65. The average Bonchev–Trinajstić information content (AvgIpc) is 2.64. The van der Waals surface area contributed by atoms with Crippen molar-refractivity contribution in [1.29, 1.82) is 0 Å². The molecule has 25 heavy (non-hydrogen) atoms. The van der Waals surface area contributed by atoms with E-state index < -0.39 is 0 Å². The minimum Gasteiger partial charge on any atom is -0.332 e. The summed E-state index contributed by atoms with van der Waals surface area (Å²) >= 11 is 11.2. The van der Waals surface area contributed by atoms with Gasteiger partial charge in [0.2, 0.25) is 5.95 Å². The summed E-state index contributed by atoms with van der Waals surface area (Å²) in [5.41, 5.74) is 1.87. The van der Waals surface area contributed by atoms with Crippen molar-refractivity contribution in [1.82, 2.24) is 9.97 Å². The van der Waals surface area contributed by atoms with Crippen molar-refractivity contribution >= 4 is 52.1 Å². The Morgan fingerprint density at radius 3 is 2.44 bits per heavy atom. The van der Waals surface area contributed by atoms with Crippen molar-refractivity contribution in [3.63, 3.8) is 0 Å². The average molecular weight is 370 g/mol. The second-order valence-electron chi connectivity index (χ2n) is 5.22. The quantitative estimate of drug-likeness (QED) is 0.650. The molecular formula is C18H16ClN5S. The Hall–Kier alpha value is -2.70. The fraction of sp³-hybridized carbons (Fsp3) is 0.0556. The molecule has 0 unspecified atom stereocenters. The number of aromatic nitrogens is 2. The van der Waals surface area contributed by atoms with E-state index in [9.17, 15) is 0 Å². The molecule has 3 aromatic rings. The van der Waals surface area contributed by atoms with Crippen molar-refractivity contribution in [2.75, 3.05) is 22.6 Å². The normalized spacial score (nSPS) is 10.2. The maximum Gasteiger partial charge on any atom is 0.230 e. The van der Waals surface area contributed by atoms with Crippen LogP contribution in [0.5, 0.6) is 0 Å². The minimum atomic E-state index is 0.404. The van der Waals surface area contributed by atoms with Gasteiger partial charge in [-0.1, -0.05) is 29.8 Å². The van der Waals surface area contributed by atoms with Gasteiger partial charge in [0.05, 0.1) is 0 Å². The standard InChI is InChI=1S/C18H16ClN5S/c1-24(15-5-3-2-4-6-15)16-11-12-20-17(22-16)23-18(25)21-14-9-7-13(19)8-10-14/h2-12H,1H3,(H2,20,21,22,23,25). The molecule has 1 heterocycles. The molecule has 0 saturated heterocycles. The van der Waals surface area contributed by atoms with E-state index in [2.05, 4.69) is 20.6 Å². The fourth-order valence-electron chi connectivity index (χ4n) is 2.18. The van der Waals surface area contributed by atoms with Gasteiger partial charge in [-0.3, -0.25) is 0 Å². The zero-order valence-electron chi connectivity index (χ0n) is 13.5. The molecular weight excluding hydrogens is 354 g/mol. The SMILES string of the molecule is CN(c1ccccc1)c1ccnc(NC(=S)Nc2ccc(Cl)cc2)n1. The molecule has 5 nitrogen and oxygen atoms in total. The Morgan fingerprint density at radius 1 is 1.00 bits per heavy atom. The van der Waals surface area contributed by atoms with Gasteiger partial charge in [0.1, 0.15) is 5.82 Å². The zero-order chi connectivity index (χ0) is 17.6. The first-order valence-electron chi connectivity index (χ1n) is 7.57. The highest BCUT2D eigenvalue weighted by Gasteiger charge is 2.07. The lowest BCUT2D eigenvalue weighted by Gasteiger charge is -2.18. The van der Waals surface area contributed by atoms with Crippen LogP contribution < -0.4 is 15.5 Å². The predicted molar refractivity (Wildman–Crippen MR) is 108 cm³/mol. The topological polar surface area (TPSA) is 53.1 Å². The van der Waals surface area contributed by atoms with Crippen molar-refractivity contribution in [2.45, 2.75) is 0 Å². The van der Waals surface area contributed by atoms with Gasteiger partial charge in [-0.15, -0.1) is 0 Å². The molecule has 0 saturated carbocycles. The van der Waals surface area contributed by atoms with Crippen molar-refractivity contribution in [3.05, 3.63) is 71.9 Å². The number of hydrogen-bond acceptors (Lipinski definition) is 4. The molecule has 7 heteroatoms. The van der Waals surface area contributed by atoms with Gasteiger partial charge < -0.3 is 15.5 Å². The Kier molecular flexibility index (Phi) is 5.42. The van der Waals surface area contributed by atoms with E-state index in [1.54, 1.807) is 18.3 Å². The number of nitrogens with zero attached hydrogens (tertiary/aromatic N) is 3. The first-order valence-corrected chi connectivity index (χ1v) is 8.36. The summed E-state index contributed by atoms with van der Waals surface area (Å²) in [4.78, 5) is 10.7. The number of rotatable bonds is 4. The Labute approximate surface area is 156 Å². The molecule has 0 atom stereocenters. The number of nitrogens with one attached hydrogen (secondary N) is 2. The molecule has 0 aliphatic heterocycles. The summed E-state index contributed by atoms with van der Waals surface area (Å²) < 4.78 is 0. The minimum absolute atomic E-state index is 0.404. The Bertz CT molecular complexity index is 855. The largest absolute Gasteiger partial charge is 0.332 e. The maximum atomic E-state index is 5.87. The lowest BCUT2D eigenvalue weighted by Crippen LogP contribution is -2.21. The number of para-hydroxylation sites is 1. The molecule has 0 fully saturated rings. The molecule has 126 valence electrons. The third-order valence-electron chi connectivity index (χ3n) is 3.46. The van der Waals surface area contributed by atoms with Gasteiger partial charge in [0.15, 0.2) is 5.11 Å². The zero-order valence-corrected chi connectivity index (χ0v) is 15.1. The highest BCUT2D eigenvalue weighted by atomic mass is 35.5. The van der Waals surface area contributed by atoms with E-state index in [1.807, 2.05) is 60.5 Å². The van der Waals surface area contributed by atoms with Gasteiger partial charge in [-0.25, -0.2) is 4.98 Å². The molecule has 3 rings (SSSR count). The monoisotopic (exact) mass is 369 g/mol. The van der Waals surface area contributed by atoms with Gasteiger partial charge in [0.25, 0.3) is 0 Å². The summed E-state index contributed by atoms with van der Waals surface area (Å²) in [6, 6.07) is 19.1. The maximum absolute atomic E-state index is 5.87.